The van der Waals surface area contributed by atoms with Gasteiger partial charge in [-0.05, 0) is 14.0 Å². The van der Waals surface area contributed by atoms with Crippen LogP contribution in [0.4, 0.5) is 0 Å². The van der Waals surface area contributed by atoms with Gasteiger partial charge in [0.15, 0.2) is 0 Å². The number of hydrogen-bond donors (Lipinski definition) is 2. The van der Waals surface area contributed by atoms with Crippen molar-refractivity contribution in [1.82, 2.24) is 10.6 Å². The Balaban J connectivity index is -0.000000169. The van der Waals surface area contributed by atoms with Crippen LogP contribution in [-0.4, -0.2) is 31.8 Å². The minimum atomic E-state index is -0.0551. The lowest BCUT2D eigenvalue weighted by Crippen LogP contribution is -2.30. The summed E-state index contributed by atoms with van der Waals surface area (Å²) in [5.74, 6) is -0.000725. The minimum absolute atomic E-state index is 0. The Kier molecular flexibility index (Phi) is 13.5. The van der Waals surface area contributed by atoms with E-state index in [0.29, 0.717) is 19.4 Å². The number of rotatable bonds is 6. The molecule has 2 N–H and O–H groups in total. The number of hydrogen-bond acceptors (Lipinski definition) is 3. The first-order chi connectivity index (χ1) is 6.66. The van der Waals surface area contributed by atoms with Crippen molar-refractivity contribution in [2.45, 2.75) is 33.6 Å². The molecule has 0 radical (unpaired) electrons. The van der Waals surface area contributed by atoms with Crippen molar-refractivity contribution in [2.24, 2.45) is 0 Å². The van der Waals surface area contributed by atoms with Gasteiger partial charge >= 0.3 is 0 Å². The van der Waals surface area contributed by atoms with E-state index in [1.807, 2.05) is 20.9 Å². The molecule has 4 nitrogen and oxygen atoms in total. The average Bonchev–Trinajstić information content (AvgIpc) is 2.18. The van der Waals surface area contributed by atoms with Gasteiger partial charge in [0.2, 0.25) is 5.91 Å². The molecule has 0 aromatic carbocycles. The summed E-state index contributed by atoms with van der Waals surface area (Å²) in [4.78, 5) is 21.4. The SMILES string of the molecule is CC.CNCCNC(=O)CCC(C)=O.[HH].[HH]. The fourth-order valence-corrected chi connectivity index (χ4v) is 0.705. The van der Waals surface area contributed by atoms with Gasteiger partial charge in [0.25, 0.3) is 0 Å². The van der Waals surface area contributed by atoms with E-state index in [4.69, 9.17) is 0 Å². The molecule has 0 aliphatic rings. The van der Waals surface area contributed by atoms with Gasteiger partial charge < -0.3 is 15.4 Å². The first kappa shape index (κ1) is 15.6. The van der Waals surface area contributed by atoms with Gasteiger partial charge in [0.1, 0.15) is 5.78 Å². The maximum absolute atomic E-state index is 10.9. The number of Topliss-reactive ketones (excluding diaryl/α,β-unsaturated/α-hetero) is 1. The van der Waals surface area contributed by atoms with Gasteiger partial charge in [-0.3, -0.25) is 4.79 Å². The second kappa shape index (κ2) is 12.1. The lowest BCUT2D eigenvalue weighted by Gasteiger charge is -2.02. The summed E-state index contributed by atoms with van der Waals surface area (Å²) in [7, 11) is 1.82. The first-order valence-electron chi connectivity index (χ1n) is 5.07. The second-order valence-corrected chi connectivity index (χ2v) is 2.66. The number of likely N-dealkylation sites (N-methyl/N-ethyl adjacent to an activating group) is 1. The van der Waals surface area contributed by atoms with Crippen LogP contribution in [0.25, 0.3) is 0 Å². The van der Waals surface area contributed by atoms with Crippen LogP contribution in [0.2, 0.25) is 0 Å². The third kappa shape index (κ3) is 13.7. The highest BCUT2D eigenvalue weighted by molar-refractivity contribution is 5.83. The minimum Gasteiger partial charge on any atom is -0.355 e. The Hall–Kier alpha value is -0.900. The van der Waals surface area contributed by atoms with Crippen molar-refractivity contribution < 1.29 is 12.4 Å². The Morgan fingerprint density at radius 2 is 1.71 bits per heavy atom. The molecule has 0 heterocycles. The predicted molar refractivity (Wildman–Crippen MR) is 62.4 cm³/mol. The van der Waals surface area contributed by atoms with E-state index in [9.17, 15) is 9.59 Å². The quantitative estimate of drug-likeness (QED) is 0.642. The molecule has 1 amide bonds. The van der Waals surface area contributed by atoms with Crippen LogP contribution in [0.5, 0.6) is 0 Å². The van der Waals surface area contributed by atoms with E-state index >= 15 is 0 Å². The van der Waals surface area contributed by atoms with Crippen LogP contribution in [0.15, 0.2) is 0 Å². The normalized spacial score (nSPS) is 8.57. The number of amides is 1. The third-order valence-electron chi connectivity index (χ3n) is 1.40. The van der Waals surface area contributed by atoms with Gasteiger partial charge in [-0.25, -0.2) is 0 Å². The molecule has 0 unspecified atom stereocenters. The zero-order valence-electron chi connectivity index (χ0n) is 9.64. The average molecular weight is 206 g/mol. The summed E-state index contributed by atoms with van der Waals surface area (Å²) in [5, 5.41) is 5.59. The molecule has 0 rings (SSSR count). The summed E-state index contributed by atoms with van der Waals surface area (Å²) in [6, 6.07) is 0. The topological polar surface area (TPSA) is 58.2 Å². The third-order valence-corrected chi connectivity index (χ3v) is 1.40. The van der Waals surface area contributed by atoms with Crippen molar-refractivity contribution in [3.05, 3.63) is 0 Å². The highest BCUT2D eigenvalue weighted by Gasteiger charge is 2.01. The van der Waals surface area contributed by atoms with Crippen molar-refractivity contribution in [3.8, 4) is 0 Å². The summed E-state index contributed by atoms with van der Waals surface area (Å²) in [6.45, 7) is 6.86. The van der Waals surface area contributed by atoms with E-state index in [1.165, 1.54) is 6.92 Å². The number of ketones is 1. The molecule has 0 saturated carbocycles. The first-order valence-corrected chi connectivity index (χ1v) is 5.07. The molecule has 0 aliphatic heterocycles. The van der Waals surface area contributed by atoms with Crippen LogP contribution < -0.4 is 10.6 Å². The molecule has 0 bridgehead atoms. The van der Waals surface area contributed by atoms with Gasteiger partial charge in [0, 0.05) is 28.8 Å². The lowest BCUT2D eigenvalue weighted by atomic mass is 10.2. The maximum Gasteiger partial charge on any atom is 0.220 e. The highest BCUT2D eigenvalue weighted by atomic mass is 16.2. The van der Waals surface area contributed by atoms with Crippen LogP contribution in [-0.2, 0) is 9.59 Å². The van der Waals surface area contributed by atoms with Crippen molar-refractivity contribution in [3.63, 3.8) is 0 Å². The van der Waals surface area contributed by atoms with E-state index in [-0.39, 0.29) is 14.5 Å². The zero-order chi connectivity index (χ0) is 11.4. The number of carbonyl (C=O) groups is 2. The predicted octanol–water partition coefficient (Wildman–Crippen LogP) is 1.21. The second-order valence-electron chi connectivity index (χ2n) is 2.66. The molecule has 0 spiro atoms. The van der Waals surface area contributed by atoms with Crippen molar-refractivity contribution >= 4 is 11.7 Å². The molecule has 0 atom stereocenters. The molecule has 0 fully saturated rings. The van der Waals surface area contributed by atoms with Gasteiger partial charge in [-0.2, -0.15) is 0 Å². The van der Waals surface area contributed by atoms with E-state index in [0.717, 1.165) is 6.54 Å². The van der Waals surface area contributed by atoms with Gasteiger partial charge in [-0.1, -0.05) is 13.8 Å². The molecule has 0 saturated heterocycles. The van der Waals surface area contributed by atoms with Gasteiger partial charge in [-0.15, -0.1) is 0 Å². The molecule has 14 heavy (non-hydrogen) atoms. The Labute approximate surface area is 89.4 Å². The zero-order valence-corrected chi connectivity index (χ0v) is 9.64. The maximum atomic E-state index is 10.9. The molecule has 4 heteroatoms. The smallest absolute Gasteiger partial charge is 0.220 e. The van der Waals surface area contributed by atoms with Crippen LogP contribution in [0, 0.1) is 0 Å². The molecular formula is C10H26N2O2. The van der Waals surface area contributed by atoms with Gasteiger partial charge in [0.05, 0.1) is 0 Å². The fraction of sp³-hybridized carbons (Fsp3) is 0.800. The van der Waals surface area contributed by atoms with Crippen LogP contribution in [0.1, 0.15) is 36.5 Å². The highest BCUT2D eigenvalue weighted by Crippen LogP contribution is 1.88. The Morgan fingerprint density at radius 1 is 1.14 bits per heavy atom. The molecule has 0 aromatic heterocycles. The largest absolute Gasteiger partial charge is 0.355 e. The Morgan fingerprint density at radius 3 is 2.14 bits per heavy atom. The summed E-state index contributed by atoms with van der Waals surface area (Å²) in [6.07, 6.45) is 0.643. The summed E-state index contributed by atoms with van der Waals surface area (Å²) in [5.41, 5.74) is 0. The van der Waals surface area contributed by atoms with E-state index in [1.54, 1.807) is 0 Å². The van der Waals surface area contributed by atoms with Crippen LogP contribution in [0.3, 0.4) is 0 Å². The van der Waals surface area contributed by atoms with E-state index in [2.05, 4.69) is 10.6 Å². The summed E-state index contributed by atoms with van der Waals surface area (Å²) < 4.78 is 0. The van der Waals surface area contributed by atoms with E-state index < -0.39 is 0 Å². The number of carbonyl (C=O) groups excluding carboxylic acids is 2. The molecule has 88 valence electrons. The molecule has 0 aromatic rings. The standard InChI is InChI=1S/C8H16N2O2.C2H6.2H2/c1-7(11)3-4-8(12)10-6-5-9-2;1-2;;/h9H,3-6H2,1-2H3,(H,10,12);1-2H3;2*1H. The van der Waals surface area contributed by atoms with Crippen molar-refractivity contribution in [1.29, 1.82) is 0 Å². The number of nitrogens with one attached hydrogen (secondary N) is 2. The van der Waals surface area contributed by atoms with Crippen molar-refractivity contribution in [2.75, 3.05) is 20.1 Å². The Bertz CT molecular complexity index is 167. The molecule has 0 aliphatic carbocycles. The fourth-order valence-electron chi connectivity index (χ4n) is 0.705. The molecular weight excluding hydrogens is 180 g/mol. The summed E-state index contributed by atoms with van der Waals surface area (Å²) >= 11 is 0. The van der Waals surface area contributed by atoms with Crippen LogP contribution >= 0.6 is 0 Å². The monoisotopic (exact) mass is 206 g/mol. The lowest BCUT2D eigenvalue weighted by molar-refractivity contribution is -0.124.